The monoisotopic (exact) mass is 478 g/mol. The lowest BCUT2D eigenvalue weighted by Crippen LogP contribution is -2.59. The summed E-state index contributed by atoms with van der Waals surface area (Å²) in [7, 11) is 0. The number of carbonyl (C=O) groups is 2. The molecule has 0 saturated carbocycles. The van der Waals surface area contributed by atoms with Crippen molar-refractivity contribution >= 4 is 18.0 Å². The first-order chi connectivity index (χ1) is 16.1. The van der Waals surface area contributed by atoms with Crippen molar-refractivity contribution in [3.63, 3.8) is 0 Å². The van der Waals surface area contributed by atoms with Gasteiger partial charge >= 0.3 is 11.9 Å². The summed E-state index contributed by atoms with van der Waals surface area (Å²) >= 11 is 0. The van der Waals surface area contributed by atoms with Crippen molar-refractivity contribution in [2.45, 2.75) is 30.7 Å². The summed E-state index contributed by atoms with van der Waals surface area (Å²) in [5, 5.41) is 67.9. The first kappa shape index (κ1) is 24.8. The van der Waals surface area contributed by atoms with Gasteiger partial charge in [0.25, 0.3) is 0 Å². The van der Waals surface area contributed by atoms with Gasteiger partial charge in [-0.25, -0.2) is 9.59 Å². The molecule has 182 valence electrons. The maximum Gasteiger partial charge on any atom is 0.340 e. The van der Waals surface area contributed by atoms with Gasteiger partial charge in [0.15, 0.2) is 17.2 Å². The molecule has 12 nitrogen and oxygen atoms in total. The molecule has 1 aliphatic heterocycles. The van der Waals surface area contributed by atoms with Crippen LogP contribution in [0.2, 0.25) is 0 Å². The van der Waals surface area contributed by atoms with E-state index in [0.717, 1.165) is 18.2 Å². The largest absolute Gasteiger partial charge is 0.508 e. The van der Waals surface area contributed by atoms with Crippen LogP contribution in [0.15, 0.2) is 42.5 Å². The highest BCUT2D eigenvalue weighted by Crippen LogP contribution is 2.36. The Labute approximate surface area is 192 Å². The van der Waals surface area contributed by atoms with Crippen LogP contribution in [0.3, 0.4) is 0 Å². The van der Waals surface area contributed by atoms with Crippen molar-refractivity contribution in [1.82, 2.24) is 0 Å². The zero-order valence-corrected chi connectivity index (χ0v) is 17.4. The van der Waals surface area contributed by atoms with Gasteiger partial charge in [0.05, 0.1) is 5.56 Å². The number of rotatable bonds is 6. The molecule has 0 radical (unpaired) electrons. The van der Waals surface area contributed by atoms with E-state index in [9.17, 15) is 45.3 Å². The van der Waals surface area contributed by atoms with Gasteiger partial charge in [-0.1, -0.05) is 12.1 Å². The van der Waals surface area contributed by atoms with Crippen molar-refractivity contribution in [2.24, 2.45) is 0 Å². The number of aromatic hydroxyl groups is 4. The summed E-state index contributed by atoms with van der Waals surface area (Å²) in [6, 6.07) is 7.53. The number of phenols is 4. The normalized spacial score (nSPS) is 24.6. The standard InChI is InChI=1S/C22H22O12/c23-12-4-1-10(2-5-12)3-6-16(26)32-9-15-18(28)19(29)20(30)22(33-15)34-21(31)11-7-13(24)17(27)14(25)8-11/h1-8,15,18-20,22-25,27-30H,9H2/b6-3+/t15-,18-,19-,20-,22-/m0/s1. The van der Waals surface area contributed by atoms with E-state index in [4.69, 9.17) is 14.2 Å². The highest BCUT2D eigenvalue weighted by Gasteiger charge is 2.46. The Morgan fingerprint density at radius 1 is 0.912 bits per heavy atom. The van der Waals surface area contributed by atoms with Gasteiger partial charge in [-0.15, -0.1) is 0 Å². The molecule has 12 heteroatoms. The number of aliphatic hydroxyl groups excluding tert-OH is 3. The molecule has 7 N–H and O–H groups in total. The molecule has 0 spiro atoms. The molecule has 0 aliphatic carbocycles. The Kier molecular flexibility index (Phi) is 7.58. The molecule has 0 aromatic heterocycles. The van der Waals surface area contributed by atoms with E-state index < -0.39 is 72.1 Å². The molecule has 2 aromatic rings. The SMILES string of the molecule is O=C(/C=C/c1ccc(O)cc1)OC[C@@H]1O[C@@H](OC(=O)c2cc(O)c(O)c(O)c2)[C@@H](O)[C@@H](O)[C@H]1O. The molecule has 1 heterocycles. The molecular weight excluding hydrogens is 456 g/mol. The first-order valence-corrected chi connectivity index (χ1v) is 9.86. The molecule has 0 bridgehead atoms. The third kappa shape index (κ3) is 5.74. The van der Waals surface area contributed by atoms with Gasteiger partial charge < -0.3 is 50.0 Å². The van der Waals surface area contributed by atoms with Crippen LogP contribution in [-0.4, -0.2) is 85.0 Å². The Hall–Kier alpha value is -3.84. The van der Waals surface area contributed by atoms with Gasteiger partial charge in [-0.2, -0.15) is 0 Å². The topological polar surface area (TPSA) is 203 Å². The zero-order chi connectivity index (χ0) is 25.0. The van der Waals surface area contributed by atoms with Crippen LogP contribution < -0.4 is 0 Å². The summed E-state index contributed by atoms with van der Waals surface area (Å²) in [6.45, 7) is -0.571. The van der Waals surface area contributed by atoms with E-state index in [1.165, 1.54) is 18.2 Å². The molecule has 1 saturated heterocycles. The Morgan fingerprint density at radius 2 is 1.53 bits per heavy atom. The molecular formula is C22H22O12. The molecule has 0 unspecified atom stereocenters. The lowest BCUT2D eigenvalue weighted by atomic mass is 9.99. The maximum atomic E-state index is 12.3. The minimum atomic E-state index is -1.88. The van der Waals surface area contributed by atoms with Crippen LogP contribution >= 0.6 is 0 Å². The van der Waals surface area contributed by atoms with Crippen molar-refractivity contribution < 1.29 is 59.5 Å². The average molecular weight is 478 g/mol. The van der Waals surface area contributed by atoms with E-state index in [0.29, 0.717) is 5.56 Å². The van der Waals surface area contributed by atoms with Gasteiger partial charge in [-0.05, 0) is 35.9 Å². The number of esters is 2. The molecule has 1 aliphatic rings. The van der Waals surface area contributed by atoms with E-state index in [1.54, 1.807) is 12.1 Å². The third-order valence-corrected chi connectivity index (χ3v) is 4.89. The molecule has 2 aromatic carbocycles. The first-order valence-electron chi connectivity index (χ1n) is 9.86. The van der Waals surface area contributed by atoms with Gasteiger partial charge in [0, 0.05) is 6.08 Å². The summed E-state index contributed by atoms with van der Waals surface area (Å²) < 4.78 is 15.2. The molecule has 3 rings (SSSR count). The summed E-state index contributed by atoms with van der Waals surface area (Å²) in [4.78, 5) is 24.3. The Bertz CT molecular complexity index is 1040. The average Bonchev–Trinajstić information content (AvgIpc) is 2.81. The summed E-state index contributed by atoms with van der Waals surface area (Å²) in [5.74, 6) is -4.45. The summed E-state index contributed by atoms with van der Waals surface area (Å²) in [5.41, 5.74) is 0.187. The molecule has 1 fully saturated rings. The van der Waals surface area contributed by atoms with Crippen LogP contribution in [0.25, 0.3) is 6.08 Å². The number of carbonyl (C=O) groups excluding carboxylic acids is 2. The van der Waals surface area contributed by atoms with E-state index >= 15 is 0 Å². The molecule has 5 atom stereocenters. The third-order valence-electron chi connectivity index (χ3n) is 4.89. The number of phenolic OH excluding ortho intramolecular Hbond substituents is 4. The fourth-order valence-corrected chi connectivity index (χ4v) is 3.01. The maximum absolute atomic E-state index is 12.3. The van der Waals surface area contributed by atoms with Crippen molar-refractivity contribution in [3.05, 3.63) is 53.6 Å². The van der Waals surface area contributed by atoms with Crippen LogP contribution in [0.4, 0.5) is 0 Å². The van der Waals surface area contributed by atoms with Gasteiger partial charge in [0.2, 0.25) is 6.29 Å². The van der Waals surface area contributed by atoms with Crippen LogP contribution in [0.5, 0.6) is 23.0 Å². The van der Waals surface area contributed by atoms with E-state index in [-0.39, 0.29) is 5.75 Å². The van der Waals surface area contributed by atoms with Crippen molar-refractivity contribution in [1.29, 1.82) is 0 Å². The van der Waals surface area contributed by atoms with E-state index in [1.807, 2.05) is 0 Å². The van der Waals surface area contributed by atoms with Gasteiger partial charge in [-0.3, -0.25) is 0 Å². The fourth-order valence-electron chi connectivity index (χ4n) is 3.01. The fraction of sp³-hybridized carbons (Fsp3) is 0.273. The quantitative estimate of drug-likeness (QED) is 0.163. The molecule has 34 heavy (non-hydrogen) atoms. The van der Waals surface area contributed by atoms with Crippen molar-refractivity contribution in [3.8, 4) is 23.0 Å². The zero-order valence-electron chi connectivity index (χ0n) is 17.4. The van der Waals surface area contributed by atoms with Gasteiger partial charge in [0.1, 0.15) is 36.8 Å². The van der Waals surface area contributed by atoms with Crippen LogP contribution in [0.1, 0.15) is 15.9 Å². The lowest BCUT2D eigenvalue weighted by molar-refractivity contribution is -0.285. The second-order valence-electron chi connectivity index (χ2n) is 7.34. The summed E-state index contributed by atoms with van der Waals surface area (Å²) in [6.07, 6.45) is -6.10. The van der Waals surface area contributed by atoms with Crippen LogP contribution in [-0.2, 0) is 19.0 Å². The number of benzene rings is 2. The van der Waals surface area contributed by atoms with Crippen LogP contribution in [0, 0.1) is 0 Å². The predicted molar refractivity (Wildman–Crippen MR) is 112 cm³/mol. The second kappa shape index (κ2) is 10.4. The number of hydrogen-bond acceptors (Lipinski definition) is 12. The molecule has 0 amide bonds. The highest BCUT2D eigenvalue weighted by atomic mass is 16.7. The minimum Gasteiger partial charge on any atom is -0.508 e. The number of aliphatic hydroxyl groups is 3. The minimum absolute atomic E-state index is 0.0539. The Balaban J connectivity index is 1.62. The van der Waals surface area contributed by atoms with E-state index in [2.05, 4.69) is 0 Å². The smallest absolute Gasteiger partial charge is 0.340 e. The number of hydrogen-bond donors (Lipinski definition) is 7. The number of ether oxygens (including phenoxy) is 3. The highest BCUT2D eigenvalue weighted by molar-refractivity contribution is 5.91. The Morgan fingerprint density at radius 3 is 2.15 bits per heavy atom. The lowest BCUT2D eigenvalue weighted by Gasteiger charge is -2.39. The van der Waals surface area contributed by atoms with Crippen molar-refractivity contribution in [2.75, 3.05) is 6.61 Å². The second-order valence-corrected chi connectivity index (χ2v) is 7.34. The predicted octanol–water partition coefficient (Wildman–Crippen LogP) is -0.270.